The van der Waals surface area contributed by atoms with Crippen LogP contribution in [-0.4, -0.2) is 44.2 Å². The van der Waals surface area contributed by atoms with E-state index in [2.05, 4.69) is 15.0 Å². The molecule has 0 aliphatic carbocycles. The maximum Gasteiger partial charge on any atom is 0.373 e. The van der Waals surface area contributed by atoms with E-state index >= 15 is 0 Å². The Hall–Kier alpha value is -1.33. The summed E-state index contributed by atoms with van der Waals surface area (Å²) in [5, 5.41) is 3.42. The van der Waals surface area contributed by atoms with Crippen LogP contribution in [0.3, 0.4) is 0 Å². The van der Waals surface area contributed by atoms with Gasteiger partial charge < -0.3 is 14.5 Å². The molecule has 5 heteroatoms. The standard InChI is InChI=1S/C13H18N2O3/c1-17-13(16)12-3-2-11(18-12)8-15-6-9-4-14-5-10(9)7-15/h2-3,9-10,14H,4-8H2,1H3/t9-,10+. The molecule has 1 aromatic heterocycles. The van der Waals surface area contributed by atoms with Gasteiger partial charge >= 0.3 is 5.97 Å². The van der Waals surface area contributed by atoms with E-state index in [1.54, 1.807) is 6.07 Å². The van der Waals surface area contributed by atoms with Crippen molar-refractivity contribution < 1.29 is 13.9 Å². The number of hydrogen-bond donors (Lipinski definition) is 1. The van der Waals surface area contributed by atoms with Gasteiger partial charge in [0.05, 0.1) is 13.7 Å². The van der Waals surface area contributed by atoms with Crippen LogP contribution in [0.4, 0.5) is 0 Å². The molecule has 0 bridgehead atoms. The first kappa shape index (κ1) is 11.7. The zero-order chi connectivity index (χ0) is 12.5. The summed E-state index contributed by atoms with van der Waals surface area (Å²) < 4.78 is 10.1. The molecular weight excluding hydrogens is 232 g/mol. The van der Waals surface area contributed by atoms with E-state index in [-0.39, 0.29) is 5.76 Å². The molecular formula is C13H18N2O3. The van der Waals surface area contributed by atoms with E-state index in [1.165, 1.54) is 7.11 Å². The Morgan fingerprint density at radius 2 is 2.17 bits per heavy atom. The third-order valence-electron chi connectivity index (χ3n) is 3.89. The highest BCUT2D eigenvalue weighted by Crippen LogP contribution is 2.27. The van der Waals surface area contributed by atoms with E-state index in [9.17, 15) is 4.79 Å². The zero-order valence-electron chi connectivity index (χ0n) is 10.5. The van der Waals surface area contributed by atoms with Crippen molar-refractivity contribution in [2.45, 2.75) is 6.54 Å². The van der Waals surface area contributed by atoms with Gasteiger partial charge in [0, 0.05) is 13.1 Å². The third kappa shape index (κ3) is 2.15. The van der Waals surface area contributed by atoms with Crippen LogP contribution in [0.25, 0.3) is 0 Å². The second-order valence-electron chi connectivity index (χ2n) is 5.13. The molecule has 3 heterocycles. The van der Waals surface area contributed by atoms with Crippen LogP contribution in [0, 0.1) is 11.8 Å². The molecule has 0 spiro atoms. The summed E-state index contributed by atoms with van der Waals surface area (Å²) >= 11 is 0. The summed E-state index contributed by atoms with van der Waals surface area (Å²) in [7, 11) is 1.36. The van der Waals surface area contributed by atoms with E-state index in [1.807, 2.05) is 6.07 Å². The number of esters is 1. The molecule has 2 aliphatic heterocycles. The third-order valence-corrected chi connectivity index (χ3v) is 3.89. The first-order valence-electron chi connectivity index (χ1n) is 6.36. The largest absolute Gasteiger partial charge is 0.463 e. The molecule has 0 aromatic carbocycles. The summed E-state index contributed by atoms with van der Waals surface area (Å²) in [4.78, 5) is 13.7. The normalized spacial score (nSPS) is 27.4. The molecule has 2 fully saturated rings. The van der Waals surface area contributed by atoms with Crippen molar-refractivity contribution in [1.29, 1.82) is 0 Å². The fourth-order valence-corrected chi connectivity index (χ4v) is 2.98. The Morgan fingerprint density at radius 3 is 2.83 bits per heavy atom. The van der Waals surface area contributed by atoms with Gasteiger partial charge in [-0.25, -0.2) is 4.79 Å². The number of methoxy groups -OCH3 is 1. The highest BCUT2D eigenvalue weighted by Gasteiger charge is 2.36. The van der Waals surface area contributed by atoms with Crippen LogP contribution in [0.2, 0.25) is 0 Å². The maximum absolute atomic E-state index is 11.3. The first-order valence-corrected chi connectivity index (χ1v) is 6.36. The summed E-state index contributed by atoms with van der Waals surface area (Å²) in [5.41, 5.74) is 0. The van der Waals surface area contributed by atoms with Gasteiger partial charge in [0.25, 0.3) is 0 Å². The highest BCUT2D eigenvalue weighted by molar-refractivity contribution is 5.86. The lowest BCUT2D eigenvalue weighted by Crippen LogP contribution is -2.25. The number of carbonyl (C=O) groups excluding carboxylic acids is 1. The number of nitrogens with zero attached hydrogens (tertiary/aromatic N) is 1. The highest BCUT2D eigenvalue weighted by atomic mass is 16.5. The van der Waals surface area contributed by atoms with Crippen molar-refractivity contribution in [1.82, 2.24) is 10.2 Å². The van der Waals surface area contributed by atoms with Crippen LogP contribution in [0.5, 0.6) is 0 Å². The predicted octanol–water partition coefficient (Wildman–Crippen LogP) is 0.717. The van der Waals surface area contributed by atoms with Crippen LogP contribution in [0.15, 0.2) is 16.5 Å². The van der Waals surface area contributed by atoms with E-state index < -0.39 is 5.97 Å². The molecule has 0 radical (unpaired) electrons. The van der Waals surface area contributed by atoms with Gasteiger partial charge in [0.2, 0.25) is 5.76 Å². The van der Waals surface area contributed by atoms with Gasteiger partial charge in [-0.1, -0.05) is 0 Å². The average molecular weight is 250 g/mol. The van der Waals surface area contributed by atoms with Gasteiger partial charge in [-0.15, -0.1) is 0 Å². The van der Waals surface area contributed by atoms with Gasteiger partial charge in [-0.05, 0) is 37.1 Å². The molecule has 5 nitrogen and oxygen atoms in total. The van der Waals surface area contributed by atoms with Crippen LogP contribution >= 0.6 is 0 Å². The molecule has 2 aliphatic rings. The van der Waals surface area contributed by atoms with E-state index in [4.69, 9.17) is 4.42 Å². The number of hydrogen-bond acceptors (Lipinski definition) is 5. The molecule has 0 amide bonds. The fourth-order valence-electron chi connectivity index (χ4n) is 2.98. The number of fused-ring (bicyclic) bond motifs is 1. The Kier molecular flexibility index (Phi) is 3.09. The number of likely N-dealkylation sites (tertiary alicyclic amines) is 1. The van der Waals surface area contributed by atoms with Crippen LogP contribution in [0.1, 0.15) is 16.3 Å². The number of furan rings is 1. The van der Waals surface area contributed by atoms with E-state index in [0.29, 0.717) is 0 Å². The monoisotopic (exact) mass is 250 g/mol. The Bertz CT molecular complexity index is 431. The van der Waals surface area contributed by atoms with Crippen molar-refractivity contribution >= 4 is 5.97 Å². The van der Waals surface area contributed by atoms with E-state index in [0.717, 1.165) is 50.3 Å². The summed E-state index contributed by atoms with van der Waals surface area (Å²) in [6.45, 7) is 5.28. The van der Waals surface area contributed by atoms with Gasteiger partial charge in [0.1, 0.15) is 5.76 Å². The molecule has 18 heavy (non-hydrogen) atoms. The second kappa shape index (κ2) is 4.74. The van der Waals surface area contributed by atoms with Gasteiger partial charge in [-0.3, -0.25) is 4.90 Å². The van der Waals surface area contributed by atoms with Crippen LogP contribution in [-0.2, 0) is 11.3 Å². The Balaban J connectivity index is 1.60. The van der Waals surface area contributed by atoms with Crippen molar-refractivity contribution in [3.8, 4) is 0 Å². The van der Waals surface area contributed by atoms with Crippen molar-refractivity contribution in [3.63, 3.8) is 0 Å². The smallest absolute Gasteiger partial charge is 0.373 e. The summed E-state index contributed by atoms with van der Waals surface area (Å²) in [6.07, 6.45) is 0. The topological polar surface area (TPSA) is 54.7 Å². The molecule has 1 N–H and O–H groups in total. The molecule has 1 aromatic rings. The number of nitrogens with one attached hydrogen (secondary N) is 1. The van der Waals surface area contributed by atoms with Crippen molar-refractivity contribution in [2.24, 2.45) is 11.8 Å². The molecule has 2 atom stereocenters. The molecule has 0 unspecified atom stereocenters. The summed E-state index contributed by atoms with van der Waals surface area (Å²) in [6, 6.07) is 3.54. The molecule has 2 saturated heterocycles. The molecule has 98 valence electrons. The van der Waals surface area contributed by atoms with Gasteiger partial charge in [0.15, 0.2) is 0 Å². The lowest BCUT2D eigenvalue weighted by atomic mass is 10.0. The SMILES string of the molecule is COC(=O)c1ccc(CN2C[C@H]3CNC[C@H]3C2)o1. The second-order valence-corrected chi connectivity index (χ2v) is 5.13. The minimum Gasteiger partial charge on any atom is -0.463 e. The minimum atomic E-state index is -0.413. The van der Waals surface area contributed by atoms with Crippen molar-refractivity contribution in [3.05, 3.63) is 23.7 Å². The van der Waals surface area contributed by atoms with Crippen molar-refractivity contribution in [2.75, 3.05) is 33.3 Å². The maximum atomic E-state index is 11.3. The van der Waals surface area contributed by atoms with Gasteiger partial charge in [-0.2, -0.15) is 0 Å². The quantitative estimate of drug-likeness (QED) is 0.801. The summed E-state index contributed by atoms with van der Waals surface area (Å²) in [5.74, 6) is 2.26. The van der Waals surface area contributed by atoms with Crippen LogP contribution < -0.4 is 5.32 Å². The zero-order valence-corrected chi connectivity index (χ0v) is 10.5. The predicted molar refractivity (Wildman–Crippen MR) is 65.2 cm³/mol. The number of ether oxygens (including phenoxy) is 1. The number of carbonyl (C=O) groups is 1. The Labute approximate surface area is 106 Å². The fraction of sp³-hybridized carbons (Fsp3) is 0.615. The minimum absolute atomic E-state index is 0.286. The molecule has 0 saturated carbocycles. The first-order chi connectivity index (χ1) is 8.76. The molecule has 3 rings (SSSR count). The lowest BCUT2D eigenvalue weighted by molar-refractivity contribution is 0.0561. The average Bonchev–Trinajstić information content (AvgIpc) is 3.03. The lowest BCUT2D eigenvalue weighted by Gasteiger charge is -2.14. The Morgan fingerprint density at radius 1 is 1.44 bits per heavy atom. The number of rotatable bonds is 3.